The molecule has 1 amide bonds. The molecule has 1 rings (SSSR count). The van der Waals surface area contributed by atoms with E-state index in [4.69, 9.17) is 5.73 Å². The van der Waals surface area contributed by atoms with Crippen LogP contribution in [-0.4, -0.2) is 22.2 Å². The van der Waals surface area contributed by atoms with Crippen LogP contribution < -0.4 is 5.73 Å². The number of aliphatic hydroxyl groups is 2. The third kappa shape index (κ3) is 2.25. The summed E-state index contributed by atoms with van der Waals surface area (Å²) in [5.41, 5.74) is 5.23. The zero-order chi connectivity index (χ0) is 10.7. The van der Waals surface area contributed by atoms with Gasteiger partial charge in [-0.05, 0) is 11.6 Å². The molecule has 1 aromatic rings. The van der Waals surface area contributed by atoms with Gasteiger partial charge in [0.05, 0.1) is 0 Å². The molecule has 5 heteroatoms. The molecule has 2 unspecified atom stereocenters. The number of primary amides is 1. The molecule has 0 fully saturated rings. The number of thiol groups is 1. The van der Waals surface area contributed by atoms with E-state index in [9.17, 15) is 15.0 Å². The van der Waals surface area contributed by atoms with Gasteiger partial charge in [-0.2, -0.15) is 0 Å². The average Bonchev–Trinajstić information content (AvgIpc) is 2.16. The molecule has 76 valence electrons. The molecular weight excluding hydrogens is 202 g/mol. The molecule has 0 saturated heterocycles. The molecule has 4 N–H and O–H groups in total. The highest BCUT2D eigenvalue weighted by molar-refractivity contribution is 7.80. The van der Waals surface area contributed by atoms with Gasteiger partial charge in [0, 0.05) is 4.90 Å². The normalized spacial score (nSPS) is 14.8. The van der Waals surface area contributed by atoms with Crippen LogP contribution in [0.1, 0.15) is 11.7 Å². The van der Waals surface area contributed by atoms with Crippen LogP contribution in [0.5, 0.6) is 0 Å². The molecule has 0 spiro atoms. The summed E-state index contributed by atoms with van der Waals surface area (Å²) in [4.78, 5) is 11.1. The van der Waals surface area contributed by atoms with Gasteiger partial charge in [0.15, 0.2) is 6.10 Å². The number of hydrogen-bond acceptors (Lipinski definition) is 4. The molecule has 0 bridgehead atoms. The standard InChI is InChI=1S/C9H11NO3S/c10-9(13)8(12)7(11)5-3-1-2-4-6(5)14/h1-4,7-8,11-12,14H,(H2,10,13). The zero-order valence-electron chi connectivity index (χ0n) is 7.29. The number of benzene rings is 1. The third-order valence-corrected chi connectivity index (χ3v) is 2.25. The molecule has 0 aliphatic rings. The Hall–Kier alpha value is -1.04. The van der Waals surface area contributed by atoms with E-state index in [2.05, 4.69) is 12.6 Å². The number of aliphatic hydroxyl groups excluding tert-OH is 2. The Balaban J connectivity index is 2.94. The predicted molar refractivity (Wildman–Crippen MR) is 53.9 cm³/mol. The molecule has 1 aromatic carbocycles. The SMILES string of the molecule is NC(=O)C(O)C(O)c1ccccc1S. The van der Waals surface area contributed by atoms with Crippen LogP contribution in [0.2, 0.25) is 0 Å². The first kappa shape index (κ1) is 11.0. The highest BCUT2D eigenvalue weighted by Crippen LogP contribution is 2.23. The maximum absolute atomic E-state index is 10.6. The Morgan fingerprint density at radius 1 is 1.36 bits per heavy atom. The minimum Gasteiger partial charge on any atom is -0.385 e. The van der Waals surface area contributed by atoms with Gasteiger partial charge in [-0.1, -0.05) is 18.2 Å². The number of rotatable bonds is 3. The van der Waals surface area contributed by atoms with Crippen molar-refractivity contribution in [1.29, 1.82) is 0 Å². The topological polar surface area (TPSA) is 83.6 Å². The smallest absolute Gasteiger partial charge is 0.249 e. The fraction of sp³-hybridized carbons (Fsp3) is 0.222. The van der Waals surface area contributed by atoms with Crippen molar-refractivity contribution in [1.82, 2.24) is 0 Å². The van der Waals surface area contributed by atoms with Crippen molar-refractivity contribution in [2.75, 3.05) is 0 Å². The Kier molecular flexibility index (Phi) is 3.51. The number of carbonyl (C=O) groups excluding carboxylic acids is 1. The minimum absolute atomic E-state index is 0.377. The van der Waals surface area contributed by atoms with E-state index in [1.807, 2.05) is 0 Å². The Labute approximate surface area is 86.8 Å². The highest BCUT2D eigenvalue weighted by atomic mass is 32.1. The van der Waals surface area contributed by atoms with Gasteiger partial charge in [-0.15, -0.1) is 12.6 Å². The van der Waals surface area contributed by atoms with Crippen molar-refractivity contribution >= 4 is 18.5 Å². The van der Waals surface area contributed by atoms with Crippen LogP contribution >= 0.6 is 12.6 Å². The number of carbonyl (C=O) groups is 1. The van der Waals surface area contributed by atoms with E-state index in [0.29, 0.717) is 10.5 Å². The van der Waals surface area contributed by atoms with Gasteiger partial charge in [0.2, 0.25) is 5.91 Å². The molecule has 2 atom stereocenters. The fourth-order valence-corrected chi connectivity index (χ4v) is 1.36. The van der Waals surface area contributed by atoms with Crippen LogP contribution in [0, 0.1) is 0 Å². The summed E-state index contributed by atoms with van der Waals surface area (Å²) < 4.78 is 0. The van der Waals surface area contributed by atoms with Gasteiger partial charge in [-0.25, -0.2) is 0 Å². The second-order valence-corrected chi connectivity index (χ2v) is 3.33. The molecule has 0 aromatic heterocycles. The van der Waals surface area contributed by atoms with Crippen molar-refractivity contribution < 1.29 is 15.0 Å². The largest absolute Gasteiger partial charge is 0.385 e. The summed E-state index contributed by atoms with van der Waals surface area (Å²) in [6.07, 6.45) is -2.94. The van der Waals surface area contributed by atoms with Gasteiger partial charge >= 0.3 is 0 Å². The Morgan fingerprint density at radius 3 is 2.43 bits per heavy atom. The first-order chi connectivity index (χ1) is 6.54. The highest BCUT2D eigenvalue weighted by Gasteiger charge is 2.24. The second kappa shape index (κ2) is 4.45. The van der Waals surface area contributed by atoms with Crippen molar-refractivity contribution in [2.24, 2.45) is 5.73 Å². The average molecular weight is 213 g/mol. The van der Waals surface area contributed by atoms with Crippen LogP contribution in [0.3, 0.4) is 0 Å². The molecule has 14 heavy (non-hydrogen) atoms. The molecule has 0 aliphatic carbocycles. The first-order valence-electron chi connectivity index (χ1n) is 3.97. The van der Waals surface area contributed by atoms with Crippen LogP contribution in [0.4, 0.5) is 0 Å². The minimum atomic E-state index is -1.61. The number of nitrogens with two attached hydrogens (primary N) is 1. The van der Waals surface area contributed by atoms with Gasteiger partial charge in [0.1, 0.15) is 6.10 Å². The van der Waals surface area contributed by atoms with Crippen LogP contribution in [0.15, 0.2) is 29.2 Å². The third-order valence-electron chi connectivity index (χ3n) is 1.85. The van der Waals surface area contributed by atoms with E-state index < -0.39 is 18.1 Å². The van der Waals surface area contributed by atoms with E-state index >= 15 is 0 Å². The van der Waals surface area contributed by atoms with E-state index in [1.165, 1.54) is 0 Å². The number of hydrogen-bond donors (Lipinski definition) is 4. The maximum atomic E-state index is 10.6. The predicted octanol–water partition coefficient (Wildman–Crippen LogP) is -0.145. The van der Waals surface area contributed by atoms with Gasteiger partial charge in [0.25, 0.3) is 0 Å². The number of amides is 1. The fourth-order valence-electron chi connectivity index (χ4n) is 1.06. The second-order valence-electron chi connectivity index (χ2n) is 2.85. The molecule has 0 saturated carbocycles. The van der Waals surface area contributed by atoms with Crippen molar-refractivity contribution in [3.05, 3.63) is 29.8 Å². The lowest BCUT2D eigenvalue weighted by atomic mass is 10.0. The lowest BCUT2D eigenvalue weighted by Crippen LogP contribution is -2.34. The van der Waals surface area contributed by atoms with Crippen LogP contribution in [-0.2, 0) is 4.79 Å². The van der Waals surface area contributed by atoms with Gasteiger partial charge in [-0.3, -0.25) is 4.79 Å². The van der Waals surface area contributed by atoms with Crippen molar-refractivity contribution in [3.63, 3.8) is 0 Å². The van der Waals surface area contributed by atoms with E-state index in [-0.39, 0.29) is 0 Å². The van der Waals surface area contributed by atoms with Crippen molar-refractivity contribution in [3.8, 4) is 0 Å². The molecule has 0 aliphatic heterocycles. The monoisotopic (exact) mass is 213 g/mol. The van der Waals surface area contributed by atoms with Crippen molar-refractivity contribution in [2.45, 2.75) is 17.1 Å². The summed E-state index contributed by atoms with van der Waals surface area (Å²) in [5.74, 6) is -0.964. The summed E-state index contributed by atoms with van der Waals surface area (Å²) in [6, 6.07) is 6.62. The van der Waals surface area contributed by atoms with E-state index in [0.717, 1.165) is 0 Å². The Bertz CT molecular complexity index is 343. The summed E-state index contributed by atoms with van der Waals surface area (Å²) >= 11 is 4.08. The summed E-state index contributed by atoms with van der Waals surface area (Å²) in [6.45, 7) is 0. The first-order valence-corrected chi connectivity index (χ1v) is 4.42. The Morgan fingerprint density at radius 2 is 1.93 bits per heavy atom. The maximum Gasteiger partial charge on any atom is 0.249 e. The summed E-state index contributed by atoms with van der Waals surface area (Å²) in [7, 11) is 0. The molecular formula is C9H11NO3S. The molecule has 0 radical (unpaired) electrons. The summed E-state index contributed by atoms with van der Waals surface area (Å²) in [5, 5.41) is 18.8. The molecule has 0 heterocycles. The lowest BCUT2D eigenvalue weighted by Gasteiger charge is -2.16. The quantitative estimate of drug-likeness (QED) is 0.527. The zero-order valence-corrected chi connectivity index (χ0v) is 8.19. The van der Waals surface area contributed by atoms with Crippen LogP contribution in [0.25, 0.3) is 0 Å². The van der Waals surface area contributed by atoms with Gasteiger partial charge < -0.3 is 15.9 Å². The molecule has 4 nitrogen and oxygen atoms in total. The van der Waals surface area contributed by atoms with E-state index in [1.54, 1.807) is 24.3 Å². The lowest BCUT2D eigenvalue weighted by molar-refractivity contribution is -0.132.